The van der Waals surface area contributed by atoms with Gasteiger partial charge in [-0.1, -0.05) is 52.8 Å². The Morgan fingerprint density at radius 1 is 0.966 bits per heavy atom. The standard InChI is InChI=1S/C22H24N4O3/c1-17-21(24-29-23-17)15-25-11-13-26(14-12-25)22(27)16-28-20-9-7-19(8-10-20)18-5-3-2-4-6-18/h2-10H,11-16H2,1H3. The molecule has 0 bridgehead atoms. The lowest BCUT2D eigenvalue weighted by Gasteiger charge is -2.34. The maximum atomic E-state index is 12.5. The third-order valence-electron chi connectivity index (χ3n) is 5.17. The normalized spacial score (nSPS) is 14.7. The second kappa shape index (κ2) is 8.87. The molecule has 7 heteroatoms. The number of benzene rings is 2. The van der Waals surface area contributed by atoms with Gasteiger partial charge in [0.1, 0.15) is 17.1 Å². The zero-order valence-electron chi connectivity index (χ0n) is 16.5. The highest BCUT2D eigenvalue weighted by Crippen LogP contribution is 2.22. The highest BCUT2D eigenvalue weighted by atomic mass is 16.6. The van der Waals surface area contributed by atoms with Crippen molar-refractivity contribution in [2.24, 2.45) is 0 Å². The van der Waals surface area contributed by atoms with Crippen LogP contribution < -0.4 is 4.74 Å². The second-order valence-electron chi connectivity index (χ2n) is 7.13. The molecule has 7 nitrogen and oxygen atoms in total. The molecule has 1 fully saturated rings. The van der Waals surface area contributed by atoms with Crippen molar-refractivity contribution in [2.45, 2.75) is 13.5 Å². The fourth-order valence-corrected chi connectivity index (χ4v) is 3.37. The lowest BCUT2D eigenvalue weighted by Crippen LogP contribution is -2.49. The van der Waals surface area contributed by atoms with E-state index in [-0.39, 0.29) is 12.5 Å². The van der Waals surface area contributed by atoms with Gasteiger partial charge in [0, 0.05) is 32.7 Å². The topological polar surface area (TPSA) is 71.7 Å². The average molecular weight is 392 g/mol. The van der Waals surface area contributed by atoms with Gasteiger partial charge in [0.2, 0.25) is 0 Å². The van der Waals surface area contributed by atoms with Gasteiger partial charge < -0.3 is 9.64 Å². The van der Waals surface area contributed by atoms with E-state index < -0.39 is 0 Å². The molecule has 1 amide bonds. The van der Waals surface area contributed by atoms with Crippen LogP contribution in [0.1, 0.15) is 11.4 Å². The van der Waals surface area contributed by atoms with Gasteiger partial charge in [0.05, 0.1) is 0 Å². The summed E-state index contributed by atoms with van der Waals surface area (Å²) in [6.45, 7) is 5.58. The number of hydrogen-bond donors (Lipinski definition) is 0. The van der Waals surface area contributed by atoms with Gasteiger partial charge in [-0.05, 0) is 30.2 Å². The van der Waals surface area contributed by atoms with Crippen LogP contribution in [0.25, 0.3) is 11.1 Å². The average Bonchev–Trinajstić information content (AvgIpc) is 3.18. The summed E-state index contributed by atoms with van der Waals surface area (Å²) in [6, 6.07) is 18.0. The van der Waals surface area contributed by atoms with Crippen molar-refractivity contribution in [1.29, 1.82) is 0 Å². The molecule has 0 atom stereocenters. The lowest BCUT2D eigenvalue weighted by atomic mass is 10.1. The minimum absolute atomic E-state index is 0.0102. The molecule has 1 aliphatic rings. The molecule has 150 valence electrons. The summed E-state index contributed by atoms with van der Waals surface area (Å²) in [7, 11) is 0. The Balaban J connectivity index is 1.23. The number of piperazine rings is 1. The Kier molecular flexibility index (Phi) is 5.86. The van der Waals surface area contributed by atoms with Gasteiger partial charge in [-0.2, -0.15) is 0 Å². The molecule has 0 radical (unpaired) electrons. The molecule has 0 spiro atoms. The van der Waals surface area contributed by atoms with Crippen LogP contribution >= 0.6 is 0 Å². The number of aromatic nitrogens is 2. The van der Waals surface area contributed by atoms with Crippen LogP contribution in [0, 0.1) is 6.92 Å². The van der Waals surface area contributed by atoms with Gasteiger partial charge in [-0.3, -0.25) is 9.69 Å². The number of carbonyl (C=O) groups excluding carboxylic acids is 1. The molecule has 2 heterocycles. The molecular formula is C22H24N4O3. The molecule has 29 heavy (non-hydrogen) atoms. The monoisotopic (exact) mass is 392 g/mol. The van der Waals surface area contributed by atoms with E-state index in [1.165, 1.54) is 0 Å². The van der Waals surface area contributed by atoms with E-state index in [0.29, 0.717) is 25.4 Å². The van der Waals surface area contributed by atoms with Crippen LogP contribution in [0.4, 0.5) is 0 Å². The first-order valence-corrected chi connectivity index (χ1v) is 9.75. The van der Waals surface area contributed by atoms with E-state index in [0.717, 1.165) is 35.6 Å². The summed E-state index contributed by atoms with van der Waals surface area (Å²) in [6.07, 6.45) is 0. The molecular weight excluding hydrogens is 368 g/mol. The molecule has 3 aromatic rings. The summed E-state index contributed by atoms with van der Waals surface area (Å²) in [5.41, 5.74) is 3.95. The number of amides is 1. The van der Waals surface area contributed by atoms with Crippen LogP contribution in [-0.4, -0.2) is 58.8 Å². The molecule has 0 aliphatic carbocycles. The Bertz CT molecular complexity index is 932. The molecule has 0 N–H and O–H groups in total. The van der Waals surface area contributed by atoms with E-state index in [4.69, 9.17) is 9.37 Å². The Labute approximate surface area is 169 Å². The van der Waals surface area contributed by atoms with Crippen LogP contribution in [0.3, 0.4) is 0 Å². The van der Waals surface area contributed by atoms with Crippen molar-refractivity contribution in [2.75, 3.05) is 32.8 Å². The van der Waals surface area contributed by atoms with E-state index in [2.05, 4.69) is 27.3 Å². The Morgan fingerprint density at radius 3 is 2.31 bits per heavy atom. The zero-order chi connectivity index (χ0) is 20.1. The summed E-state index contributed by atoms with van der Waals surface area (Å²) < 4.78 is 10.4. The highest BCUT2D eigenvalue weighted by molar-refractivity contribution is 5.78. The molecule has 1 aromatic heterocycles. The third kappa shape index (κ3) is 4.81. The fraction of sp³-hybridized carbons (Fsp3) is 0.318. The number of hydrogen-bond acceptors (Lipinski definition) is 6. The predicted molar refractivity (Wildman–Crippen MR) is 108 cm³/mol. The van der Waals surface area contributed by atoms with Crippen molar-refractivity contribution in [3.63, 3.8) is 0 Å². The minimum Gasteiger partial charge on any atom is -0.484 e. The SMILES string of the molecule is Cc1nonc1CN1CCN(C(=O)COc2ccc(-c3ccccc3)cc2)CC1. The molecule has 0 saturated carbocycles. The summed E-state index contributed by atoms with van der Waals surface area (Å²) in [5, 5.41) is 7.73. The van der Waals surface area contributed by atoms with Crippen molar-refractivity contribution < 1.29 is 14.2 Å². The van der Waals surface area contributed by atoms with Gasteiger partial charge in [0.15, 0.2) is 6.61 Å². The first kappa shape index (κ1) is 19.1. The number of rotatable bonds is 6. The quantitative estimate of drug-likeness (QED) is 0.642. The number of nitrogens with zero attached hydrogens (tertiary/aromatic N) is 4. The maximum Gasteiger partial charge on any atom is 0.260 e. The Morgan fingerprint density at radius 2 is 1.66 bits per heavy atom. The number of carbonyl (C=O) groups is 1. The van der Waals surface area contributed by atoms with Crippen molar-refractivity contribution in [3.05, 3.63) is 66.0 Å². The second-order valence-corrected chi connectivity index (χ2v) is 7.13. The number of ether oxygens (including phenoxy) is 1. The summed E-state index contributed by atoms with van der Waals surface area (Å²) in [4.78, 5) is 16.6. The summed E-state index contributed by atoms with van der Waals surface area (Å²) in [5.74, 6) is 0.710. The molecule has 4 rings (SSSR count). The van der Waals surface area contributed by atoms with E-state index >= 15 is 0 Å². The predicted octanol–water partition coefficient (Wildman–Crippen LogP) is 2.77. The summed E-state index contributed by atoms with van der Waals surface area (Å²) >= 11 is 0. The van der Waals surface area contributed by atoms with E-state index in [1.807, 2.05) is 54.3 Å². The van der Waals surface area contributed by atoms with Crippen LogP contribution in [0.2, 0.25) is 0 Å². The van der Waals surface area contributed by atoms with Crippen molar-refractivity contribution >= 4 is 5.91 Å². The van der Waals surface area contributed by atoms with Crippen LogP contribution in [-0.2, 0) is 11.3 Å². The van der Waals surface area contributed by atoms with Crippen molar-refractivity contribution in [3.8, 4) is 16.9 Å². The van der Waals surface area contributed by atoms with Gasteiger partial charge in [-0.15, -0.1) is 0 Å². The fourth-order valence-electron chi connectivity index (χ4n) is 3.37. The molecule has 0 unspecified atom stereocenters. The molecule has 1 saturated heterocycles. The minimum atomic E-state index is 0.0102. The first-order valence-electron chi connectivity index (χ1n) is 9.75. The number of aryl methyl sites for hydroxylation is 1. The van der Waals surface area contributed by atoms with Crippen LogP contribution in [0.15, 0.2) is 59.2 Å². The van der Waals surface area contributed by atoms with Gasteiger partial charge >= 0.3 is 0 Å². The van der Waals surface area contributed by atoms with Crippen molar-refractivity contribution in [1.82, 2.24) is 20.1 Å². The van der Waals surface area contributed by atoms with Gasteiger partial charge in [-0.25, -0.2) is 4.63 Å². The van der Waals surface area contributed by atoms with Crippen LogP contribution in [0.5, 0.6) is 5.75 Å². The first-order chi connectivity index (χ1) is 14.2. The molecule has 2 aromatic carbocycles. The Hall–Kier alpha value is -3.19. The van der Waals surface area contributed by atoms with E-state index in [9.17, 15) is 4.79 Å². The zero-order valence-corrected chi connectivity index (χ0v) is 16.5. The highest BCUT2D eigenvalue weighted by Gasteiger charge is 2.22. The third-order valence-corrected chi connectivity index (χ3v) is 5.17. The maximum absolute atomic E-state index is 12.5. The molecule has 1 aliphatic heterocycles. The smallest absolute Gasteiger partial charge is 0.260 e. The van der Waals surface area contributed by atoms with E-state index in [1.54, 1.807) is 0 Å². The lowest BCUT2D eigenvalue weighted by molar-refractivity contribution is -0.135. The van der Waals surface area contributed by atoms with Gasteiger partial charge in [0.25, 0.3) is 5.91 Å². The largest absolute Gasteiger partial charge is 0.484 e.